The van der Waals surface area contributed by atoms with Gasteiger partial charge in [0.1, 0.15) is 24.7 Å². The smallest absolute Gasteiger partial charge is 0.264 e. The van der Waals surface area contributed by atoms with Crippen LogP contribution in [0.4, 0.5) is 5.69 Å². The molecule has 6 nitrogen and oxygen atoms in total. The lowest BCUT2D eigenvalue weighted by Crippen LogP contribution is -2.37. The largest absolute Gasteiger partial charge is 0.491 e. The van der Waals surface area contributed by atoms with E-state index in [1.807, 2.05) is 6.07 Å². The van der Waals surface area contributed by atoms with Gasteiger partial charge in [0.2, 0.25) is 0 Å². The van der Waals surface area contributed by atoms with Gasteiger partial charge >= 0.3 is 0 Å². The standard InChI is InChI=1S/C17H19NO5S/c1-21-12-13-22-14-6-8-15(9-7-14)24(19,20)18-10-11-23-17-5-3-2-4-16(17)18/h2-9H,10-13H2,1H3. The predicted octanol–water partition coefficient (Wildman–Crippen LogP) is 2.30. The zero-order valence-electron chi connectivity index (χ0n) is 13.3. The Kier molecular flexibility index (Phi) is 4.92. The van der Waals surface area contributed by atoms with E-state index in [2.05, 4.69) is 0 Å². The first-order valence-corrected chi connectivity index (χ1v) is 9.03. The molecule has 2 aromatic carbocycles. The minimum atomic E-state index is -3.64. The molecule has 0 saturated heterocycles. The molecule has 2 aromatic rings. The van der Waals surface area contributed by atoms with Crippen LogP contribution in [0, 0.1) is 0 Å². The number of para-hydroxylation sites is 2. The molecule has 7 heteroatoms. The van der Waals surface area contributed by atoms with Gasteiger partial charge in [-0.1, -0.05) is 12.1 Å². The van der Waals surface area contributed by atoms with Crippen molar-refractivity contribution >= 4 is 15.7 Å². The summed E-state index contributed by atoms with van der Waals surface area (Å²) in [5.74, 6) is 1.18. The maximum atomic E-state index is 12.9. The molecule has 0 aromatic heterocycles. The summed E-state index contributed by atoms with van der Waals surface area (Å²) in [4.78, 5) is 0.221. The van der Waals surface area contributed by atoms with Crippen LogP contribution in [0.1, 0.15) is 0 Å². The van der Waals surface area contributed by atoms with Crippen LogP contribution >= 0.6 is 0 Å². The first kappa shape index (κ1) is 16.6. The fraction of sp³-hybridized carbons (Fsp3) is 0.294. The first-order chi connectivity index (χ1) is 11.6. The summed E-state index contributed by atoms with van der Waals surface area (Å²) >= 11 is 0. The molecular weight excluding hydrogens is 330 g/mol. The number of hydrogen-bond acceptors (Lipinski definition) is 5. The summed E-state index contributed by atoms with van der Waals surface area (Å²) < 4.78 is 43.1. The van der Waals surface area contributed by atoms with Gasteiger partial charge in [0.05, 0.1) is 23.7 Å². The third-order valence-corrected chi connectivity index (χ3v) is 5.48. The molecule has 0 amide bonds. The van der Waals surface area contributed by atoms with Gasteiger partial charge in [0, 0.05) is 7.11 Å². The SMILES string of the molecule is COCCOc1ccc(S(=O)(=O)N2CCOc3ccccc32)cc1. The van der Waals surface area contributed by atoms with Gasteiger partial charge in [0.25, 0.3) is 10.0 Å². The number of nitrogens with zero attached hydrogens (tertiary/aromatic N) is 1. The lowest BCUT2D eigenvalue weighted by Gasteiger charge is -2.30. The molecule has 0 bridgehead atoms. The van der Waals surface area contributed by atoms with Gasteiger partial charge in [-0.2, -0.15) is 0 Å². The number of benzene rings is 2. The van der Waals surface area contributed by atoms with Gasteiger partial charge in [-0.15, -0.1) is 0 Å². The van der Waals surface area contributed by atoms with Gasteiger partial charge < -0.3 is 14.2 Å². The first-order valence-electron chi connectivity index (χ1n) is 7.59. The number of ether oxygens (including phenoxy) is 3. The van der Waals surface area contributed by atoms with Crippen LogP contribution in [0.25, 0.3) is 0 Å². The second kappa shape index (κ2) is 7.11. The summed E-state index contributed by atoms with van der Waals surface area (Å²) in [5.41, 5.74) is 0.559. The second-order valence-electron chi connectivity index (χ2n) is 5.21. The fourth-order valence-electron chi connectivity index (χ4n) is 2.47. The molecule has 0 fully saturated rings. The number of hydrogen-bond donors (Lipinski definition) is 0. The Labute approximate surface area is 141 Å². The van der Waals surface area contributed by atoms with E-state index in [9.17, 15) is 8.42 Å². The summed E-state index contributed by atoms with van der Waals surface area (Å²) in [6, 6.07) is 13.5. The normalized spacial score (nSPS) is 14.0. The van der Waals surface area contributed by atoms with Crippen LogP contribution in [-0.2, 0) is 14.8 Å². The van der Waals surface area contributed by atoms with E-state index < -0.39 is 10.0 Å². The summed E-state index contributed by atoms with van der Waals surface area (Å²) in [7, 11) is -2.05. The highest BCUT2D eigenvalue weighted by Gasteiger charge is 2.29. The number of sulfonamides is 1. The summed E-state index contributed by atoms with van der Waals surface area (Å²) in [5, 5.41) is 0. The van der Waals surface area contributed by atoms with E-state index in [-0.39, 0.29) is 11.4 Å². The van der Waals surface area contributed by atoms with Crippen LogP contribution in [-0.4, -0.2) is 41.9 Å². The maximum absolute atomic E-state index is 12.9. The minimum Gasteiger partial charge on any atom is -0.491 e. The topological polar surface area (TPSA) is 65.1 Å². The van der Waals surface area contributed by atoms with Crippen molar-refractivity contribution in [1.29, 1.82) is 0 Å². The van der Waals surface area contributed by atoms with Gasteiger partial charge in [-0.25, -0.2) is 8.42 Å². The molecule has 0 spiro atoms. The van der Waals surface area contributed by atoms with Crippen molar-refractivity contribution in [2.45, 2.75) is 4.90 Å². The predicted molar refractivity (Wildman–Crippen MR) is 90.3 cm³/mol. The molecule has 3 rings (SSSR count). The van der Waals surface area contributed by atoms with E-state index in [4.69, 9.17) is 14.2 Å². The quantitative estimate of drug-likeness (QED) is 0.749. The van der Waals surface area contributed by atoms with Crippen LogP contribution in [0.3, 0.4) is 0 Å². The van der Waals surface area contributed by atoms with Crippen molar-refractivity contribution in [3.05, 3.63) is 48.5 Å². The second-order valence-corrected chi connectivity index (χ2v) is 7.07. The van der Waals surface area contributed by atoms with Crippen molar-refractivity contribution < 1.29 is 22.6 Å². The highest BCUT2D eigenvalue weighted by atomic mass is 32.2. The Hall–Kier alpha value is -2.25. The van der Waals surface area contributed by atoms with Crippen LogP contribution in [0.5, 0.6) is 11.5 Å². The molecule has 0 saturated carbocycles. The number of anilines is 1. The zero-order chi connectivity index (χ0) is 17.0. The van der Waals surface area contributed by atoms with E-state index in [1.165, 1.54) is 4.31 Å². The Morgan fingerprint density at radius 2 is 1.83 bits per heavy atom. The van der Waals surface area contributed by atoms with E-state index in [0.29, 0.717) is 37.0 Å². The number of fused-ring (bicyclic) bond motifs is 1. The molecule has 1 aliphatic heterocycles. The highest BCUT2D eigenvalue weighted by Crippen LogP contribution is 2.35. The molecule has 1 aliphatic rings. The van der Waals surface area contributed by atoms with E-state index >= 15 is 0 Å². The Bertz CT molecular complexity index is 789. The molecular formula is C17H19NO5S. The lowest BCUT2D eigenvalue weighted by molar-refractivity contribution is 0.146. The Balaban J connectivity index is 1.84. The fourth-order valence-corrected chi connectivity index (χ4v) is 3.93. The molecule has 1 heterocycles. The van der Waals surface area contributed by atoms with Gasteiger partial charge in [0.15, 0.2) is 0 Å². The van der Waals surface area contributed by atoms with Gasteiger partial charge in [-0.3, -0.25) is 4.31 Å². The van der Waals surface area contributed by atoms with Crippen molar-refractivity contribution in [1.82, 2.24) is 0 Å². The highest BCUT2D eigenvalue weighted by molar-refractivity contribution is 7.92. The average Bonchev–Trinajstić information content (AvgIpc) is 2.62. The third-order valence-electron chi connectivity index (χ3n) is 3.65. The average molecular weight is 349 g/mol. The van der Waals surface area contributed by atoms with Crippen LogP contribution in [0.2, 0.25) is 0 Å². The minimum absolute atomic E-state index is 0.221. The third kappa shape index (κ3) is 3.32. The molecule has 0 radical (unpaired) electrons. The van der Waals surface area contributed by atoms with E-state index in [0.717, 1.165) is 0 Å². The summed E-state index contributed by atoms with van der Waals surface area (Å²) in [6.45, 7) is 1.50. The molecule has 0 unspecified atom stereocenters. The monoisotopic (exact) mass is 349 g/mol. The zero-order valence-corrected chi connectivity index (χ0v) is 14.2. The van der Waals surface area contributed by atoms with Crippen molar-refractivity contribution in [3.63, 3.8) is 0 Å². The van der Waals surface area contributed by atoms with Crippen molar-refractivity contribution in [2.24, 2.45) is 0 Å². The summed E-state index contributed by atoms with van der Waals surface area (Å²) in [6.07, 6.45) is 0. The Morgan fingerprint density at radius 3 is 2.58 bits per heavy atom. The van der Waals surface area contributed by atoms with Crippen molar-refractivity contribution in [2.75, 3.05) is 37.8 Å². The molecule has 0 aliphatic carbocycles. The van der Waals surface area contributed by atoms with E-state index in [1.54, 1.807) is 49.6 Å². The Morgan fingerprint density at radius 1 is 1.08 bits per heavy atom. The number of methoxy groups -OCH3 is 1. The molecule has 0 atom stereocenters. The molecule has 0 N–H and O–H groups in total. The molecule has 24 heavy (non-hydrogen) atoms. The number of rotatable bonds is 6. The van der Waals surface area contributed by atoms with Crippen molar-refractivity contribution in [3.8, 4) is 11.5 Å². The van der Waals surface area contributed by atoms with Crippen LogP contribution in [0.15, 0.2) is 53.4 Å². The van der Waals surface area contributed by atoms with Gasteiger partial charge in [-0.05, 0) is 36.4 Å². The molecule has 128 valence electrons. The maximum Gasteiger partial charge on any atom is 0.264 e. The lowest BCUT2D eigenvalue weighted by atomic mass is 10.2. The van der Waals surface area contributed by atoms with Crippen LogP contribution < -0.4 is 13.8 Å².